The third-order valence-electron chi connectivity index (χ3n) is 3.67. The van der Waals surface area contributed by atoms with Crippen LogP contribution in [-0.4, -0.2) is 11.3 Å². The molecular formula is C16H11NOS. The summed E-state index contributed by atoms with van der Waals surface area (Å²) in [6.07, 6.45) is 0.939. The molecule has 4 aromatic rings. The fourth-order valence-electron chi connectivity index (χ4n) is 2.78. The standard InChI is InChI=1S/C16H11NOS/c1-9-12(8-18)10-6-7-14-15(16(10)17-9)11-4-2-3-5-13(11)19-14/h2-8,17H,1H3. The maximum atomic E-state index is 11.2. The predicted octanol–water partition coefficient (Wildman–Crippen LogP) is 4.66. The topological polar surface area (TPSA) is 32.9 Å². The highest BCUT2D eigenvalue weighted by atomic mass is 32.1. The van der Waals surface area contributed by atoms with Gasteiger partial charge in [0.25, 0.3) is 0 Å². The van der Waals surface area contributed by atoms with Crippen molar-refractivity contribution in [1.29, 1.82) is 0 Å². The van der Waals surface area contributed by atoms with E-state index >= 15 is 0 Å². The number of aromatic amines is 1. The Bertz CT molecular complexity index is 946. The van der Waals surface area contributed by atoms with Gasteiger partial charge in [-0.15, -0.1) is 11.3 Å². The second-order valence-corrected chi connectivity index (χ2v) is 5.82. The van der Waals surface area contributed by atoms with Crippen molar-refractivity contribution < 1.29 is 4.79 Å². The van der Waals surface area contributed by atoms with Crippen LogP contribution in [0.15, 0.2) is 36.4 Å². The number of benzene rings is 2. The van der Waals surface area contributed by atoms with Crippen molar-refractivity contribution in [2.24, 2.45) is 0 Å². The highest BCUT2D eigenvalue weighted by Crippen LogP contribution is 2.38. The first-order chi connectivity index (χ1) is 9.29. The van der Waals surface area contributed by atoms with Crippen LogP contribution in [0, 0.1) is 6.92 Å². The number of rotatable bonds is 1. The van der Waals surface area contributed by atoms with Crippen molar-refractivity contribution in [3.8, 4) is 0 Å². The third-order valence-corrected chi connectivity index (χ3v) is 4.80. The van der Waals surface area contributed by atoms with E-state index in [-0.39, 0.29) is 0 Å². The summed E-state index contributed by atoms with van der Waals surface area (Å²) in [7, 11) is 0. The van der Waals surface area contributed by atoms with Crippen LogP contribution < -0.4 is 0 Å². The second-order valence-electron chi connectivity index (χ2n) is 4.74. The molecule has 0 aliphatic heterocycles. The summed E-state index contributed by atoms with van der Waals surface area (Å²) in [4.78, 5) is 14.6. The maximum absolute atomic E-state index is 11.2. The molecule has 1 N–H and O–H groups in total. The molecule has 0 spiro atoms. The quantitative estimate of drug-likeness (QED) is 0.499. The van der Waals surface area contributed by atoms with Crippen LogP contribution in [0.5, 0.6) is 0 Å². The summed E-state index contributed by atoms with van der Waals surface area (Å²) in [5.74, 6) is 0. The molecule has 2 aromatic carbocycles. The molecule has 0 radical (unpaired) electrons. The van der Waals surface area contributed by atoms with Crippen LogP contribution in [-0.2, 0) is 0 Å². The summed E-state index contributed by atoms with van der Waals surface area (Å²) in [6.45, 7) is 1.95. The molecule has 0 aliphatic rings. The van der Waals surface area contributed by atoms with Crippen molar-refractivity contribution in [1.82, 2.24) is 4.98 Å². The monoisotopic (exact) mass is 265 g/mol. The van der Waals surface area contributed by atoms with Crippen molar-refractivity contribution in [3.63, 3.8) is 0 Å². The molecule has 0 aliphatic carbocycles. The summed E-state index contributed by atoms with van der Waals surface area (Å²) < 4.78 is 2.54. The van der Waals surface area contributed by atoms with Crippen LogP contribution in [0.2, 0.25) is 0 Å². The van der Waals surface area contributed by atoms with Gasteiger partial charge in [-0.2, -0.15) is 0 Å². The van der Waals surface area contributed by atoms with Crippen molar-refractivity contribution in [2.75, 3.05) is 0 Å². The highest BCUT2D eigenvalue weighted by molar-refractivity contribution is 7.26. The van der Waals surface area contributed by atoms with Gasteiger partial charge >= 0.3 is 0 Å². The minimum Gasteiger partial charge on any atom is -0.357 e. The van der Waals surface area contributed by atoms with Crippen LogP contribution in [0.1, 0.15) is 16.1 Å². The minimum atomic E-state index is 0.771. The largest absolute Gasteiger partial charge is 0.357 e. The number of aldehydes is 1. The highest BCUT2D eigenvalue weighted by Gasteiger charge is 2.13. The van der Waals surface area contributed by atoms with Gasteiger partial charge < -0.3 is 4.98 Å². The first-order valence-corrected chi connectivity index (χ1v) is 6.99. The fraction of sp³-hybridized carbons (Fsp3) is 0.0625. The van der Waals surface area contributed by atoms with Crippen molar-refractivity contribution >= 4 is 48.7 Å². The van der Waals surface area contributed by atoms with Crippen molar-refractivity contribution in [3.05, 3.63) is 47.7 Å². The molecule has 0 unspecified atom stereocenters. The number of aromatic nitrogens is 1. The lowest BCUT2D eigenvalue weighted by Gasteiger charge is -1.95. The Balaban J connectivity index is 2.33. The van der Waals surface area contributed by atoms with E-state index in [1.807, 2.05) is 13.0 Å². The number of nitrogens with one attached hydrogen (secondary N) is 1. The molecule has 3 heteroatoms. The molecule has 0 amide bonds. The molecule has 0 saturated heterocycles. The lowest BCUT2D eigenvalue weighted by atomic mass is 10.1. The van der Waals surface area contributed by atoms with Crippen LogP contribution in [0.3, 0.4) is 0 Å². The Labute approximate surface area is 113 Å². The summed E-state index contributed by atoms with van der Waals surface area (Å²) in [5.41, 5.74) is 2.79. The number of carbonyl (C=O) groups is 1. The molecule has 0 fully saturated rings. The molecular weight excluding hydrogens is 254 g/mol. The molecule has 2 aromatic heterocycles. The molecule has 19 heavy (non-hydrogen) atoms. The molecule has 2 heterocycles. The van der Waals surface area contributed by atoms with E-state index in [4.69, 9.17) is 0 Å². The van der Waals surface area contributed by atoms with E-state index < -0.39 is 0 Å². The van der Waals surface area contributed by atoms with Gasteiger partial charge in [-0.25, -0.2) is 0 Å². The smallest absolute Gasteiger partial charge is 0.152 e. The van der Waals surface area contributed by atoms with E-state index in [2.05, 4.69) is 35.3 Å². The number of hydrogen-bond acceptors (Lipinski definition) is 2. The first-order valence-electron chi connectivity index (χ1n) is 6.17. The van der Waals surface area contributed by atoms with E-state index in [1.54, 1.807) is 11.3 Å². The van der Waals surface area contributed by atoms with Gasteiger partial charge in [-0.1, -0.05) is 24.3 Å². The minimum absolute atomic E-state index is 0.771. The zero-order chi connectivity index (χ0) is 13.0. The molecule has 0 atom stereocenters. The molecule has 4 rings (SSSR count). The number of hydrogen-bond donors (Lipinski definition) is 1. The fourth-order valence-corrected chi connectivity index (χ4v) is 3.89. The number of H-pyrrole nitrogens is 1. The van der Waals surface area contributed by atoms with Crippen LogP contribution in [0.25, 0.3) is 31.1 Å². The molecule has 92 valence electrons. The normalized spacial score (nSPS) is 11.6. The first kappa shape index (κ1) is 10.8. The van der Waals surface area contributed by atoms with Crippen LogP contribution >= 0.6 is 11.3 Å². The lowest BCUT2D eigenvalue weighted by Crippen LogP contribution is -1.79. The maximum Gasteiger partial charge on any atom is 0.152 e. The molecule has 0 saturated carbocycles. The third kappa shape index (κ3) is 1.33. The molecule has 0 bridgehead atoms. The van der Waals surface area contributed by atoms with Crippen molar-refractivity contribution in [2.45, 2.75) is 6.92 Å². The number of fused-ring (bicyclic) bond motifs is 5. The van der Waals surface area contributed by atoms with Gasteiger partial charge in [-0.3, -0.25) is 4.79 Å². The molecule has 2 nitrogen and oxygen atoms in total. The van der Waals surface area contributed by atoms with Gasteiger partial charge in [0.05, 0.1) is 5.52 Å². The second kappa shape index (κ2) is 3.68. The number of carbonyl (C=O) groups excluding carboxylic acids is 1. The number of aryl methyl sites for hydroxylation is 1. The van der Waals surface area contributed by atoms with Gasteiger partial charge in [0.2, 0.25) is 0 Å². The van der Waals surface area contributed by atoms with Gasteiger partial charge in [0.15, 0.2) is 6.29 Å². The SMILES string of the molecule is Cc1[nH]c2c(ccc3sc4ccccc4c32)c1C=O. The van der Waals surface area contributed by atoms with E-state index in [0.717, 1.165) is 28.4 Å². The van der Waals surface area contributed by atoms with Gasteiger partial charge in [0, 0.05) is 36.8 Å². The summed E-state index contributed by atoms with van der Waals surface area (Å²) in [5, 5.41) is 3.50. The predicted molar refractivity (Wildman–Crippen MR) is 81.3 cm³/mol. The van der Waals surface area contributed by atoms with E-state index in [1.165, 1.54) is 20.2 Å². The van der Waals surface area contributed by atoms with E-state index in [9.17, 15) is 4.79 Å². The van der Waals surface area contributed by atoms with Crippen LogP contribution in [0.4, 0.5) is 0 Å². The van der Waals surface area contributed by atoms with E-state index in [0.29, 0.717) is 0 Å². The van der Waals surface area contributed by atoms with Gasteiger partial charge in [0.1, 0.15) is 0 Å². The Morgan fingerprint density at radius 3 is 2.74 bits per heavy atom. The summed E-state index contributed by atoms with van der Waals surface area (Å²) in [6, 6.07) is 12.6. The number of thiophene rings is 1. The van der Waals surface area contributed by atoms with Gasteiger partial charge in [-0.05, 0) is 19.1 Å². The Hall–Kier alpha value is -2.13. The Morgan fingerprint density at radius 2 is 1.89 bits per heavy atom. The average Bonchev–Trinajstić information content (AvgIpc) is 2.94. The average molecular weight is 265 g/mol. The Morgan fingerprint density at radius 1 is 1.05 bits per heavy atom. The lowest BCUT2D eigenvalue weighted by molar-refractivity contribution is 0.112. The summed E-state index contributed by atoms with van der Waals surface area (Å²) >= 11 is 1.79. The zero-order valence-corrected chi connectivity index (χ0v) is 11.2. The Kier molecular flexibility index (Phi) is 2.09. The zero-order valence-electron chi connectivity index (χ0n) is 10.4.